The molecule has 0 aliphatic rings. The van der Waals surface area contributed by atoms with E-state index in [1.54, 1.807) is 67.0 Å². The standard InChI is InChI=1S/C20H23N5OS3.C19H21N5O2S3.C19H21N5OS3.C18H19N5OS3.C17H18N6O2S3/c1-4-5-6-9-29(26)20-17(21)16-13(15-11-23-12(2)25(15)3)10-14(24-19(16)28-20)18-22-7-8-27-18;1-4-26-6-8-29(25)19-16(20)15-12(14-10-22-11(2)24(14)3)9-13(23-18(15)28-19)17-21-5-7-27-17;1-4-5-8-28(25)19-16(20)15-12(14-10-22-11(2)24(14)3)9-13(23-18(15)27-19)17-21-6-7-26-17;1-9(2)27(24)18-15(19)14-11(13-8-21-10(3)23(13)4)7-12(22-17(14)26-18)16-20-5-6-25-16;1-9-20-8-10(23(9)2)13-11-12(18)17(28(24)7-5-25-3)27-15(11)22-14(21-13)16-19-4-6-26-16/h7-8,10-11H,4-6,9,21H2,1-3H3;5,7,9-10H,4,6,8,20H2,1-3H3;6-7,9-10H,4-5,8,20H2,1-3H3;5-9H,19H2,1-4H3;4,6,8H,5,7,18H2,1-3H3. The molecule has 48 heteroatoms. The molecule has 0 aliphatic heterocycles. The van der Waals surface area contributed by atoms with E-state index in [2.05, 4.69) is 68.7 Å². The molecule has 0 radical (unpaired) electrons. The maximum Gasteiger partial charge on any atom is 0.190 e. The van der Waals surface area contributed by atoms with E-state index in [0.29, 0.717) is 110 Å². The number of fused-ring (bicyclic) bond motifs is 5. The summed E-state index contributed by atoms with van der Waals surface area (Å²) in [6.45, 7) is 21.2. The third kappa shape index (κ3) is 21.6. The van der Waals surface area contributed by atoms with E-state index < -0.39 is 54.0 Å². The van der Waals surface area contributed by atoms with Crippen LogP contribution in [0, 0.1) is 34.6 Å². The second-order valence-corrected chi connectivity index (χ2v) is 51.0. The largest absolute Gasteiger partial charge is 0.396 e. The Bertz CT molecular complexity index is 7620. The van der Waals surface area contributed by atoms with Crippen LogP contribution in [0.4, 0.5) is 28.4 Å². The van der Waals surface area contributed by atoms with Crippen molar-refractivity contribution >= 4 is 247 Å². The van der Waals surface area contributed by atoms with Crippen LogP contribution in [-0.4, -0.2) is 179 Å². The van der Waals surface area contributed by atoms with Crippen LogP contribution >= 0.6 is 113 Å². The SMILES string of the molecule is CCCCCS(=O)c1sc2nc(-c3nccs3)cc(-c3cnc(C)n3C)c2c1N.CCCCS(=O)c1sc2nc(-c3nccs3)cc(-c3cnc(C)n3C)c2c1N.CCOCCS(=O)c1sc2nc(-c3nccs3)cc(-c3cnc(C)n3C)c2c1N.COCCS(=O)c1sc2nc(-c3nccs3)nc(-c3cnc(C)n3C)c2c1N.Cc1ncc(-c2cc(-c3nccs3)nc3sc(S(=O)C(C)C)c(N)c23)n1C. The third-order valence-corrected chi connectivity index (χ3v) is 41.8. The number of nitrogens with two attached hydrogens (primary N) is 5. The smallest absolute Gasteiger partial charge is 0.190 e. The summed E-state index contributed by atoms with van der Waals surface area (Å²) in [7, 11) is 5.50. The number of imidazole rings is 5. The van der Waals surface area contributed by atoms with Crippen LogP contribution in [0.5, 0.6) is 0 Å². The fourth-order valence-electron chi connectivity index (χ4n) is 15.0. The fourth-order valence-corrected chi connectivity index (χ4v) is 31.3. The zero-order chi connectivity index (χ0) is 100. The van der Waals surface area contributed by atoms with E-state index in [4.69, 9.17) is 63.1 Å². The van der Waals surface area contributed by atoms with E-state index in [1.165, 1.54) is 90.7 Å². The molecular formula is C93H102N26O7S15. The second kappa shape index (κ2) is 45.5. The zero-order valence-electron chi connectivity index (χ0n) is 79.8. The third-order valence-electron chi connectivity index (χ3n) is 23.0. The number of unbranched alkanes of at least 4 members (excludes halogenated alkanes) is 3. The Morgan fingerprint density at radius 1 is 0.348 bits per heavy atom. The lowest BCUT2D eigenvalue weighted by molar-refractivity contribution is 0.164. The quantitative estimate of drug-likeness (QED) is 0.0261. The number of pyridine rings is 4. The van der Waals surface area contributed by atoms with Gasteiger partial charge in [-0.15, -0.1) is 113 Å². The summed E-state index contributed by atoms with van der Waals surface area (Å²) in [6, 6.07) is 8.03. The summed E-state index contributed by atoms with van der Waals surface area (Å²) in [5.74, 6) is 7.04. The Balaban J connectivity index is 0.000000127. The molecule has 0 aromatic carbocycles. The number of rotatable bonds is 30. The predicted molar refractivity (Wildman–Crippen MR) is 588 cm³/mol. The lowest BCUT2D eigenvalue weighted by Crippen LogP contribution is -2.06. The van der Waals surface area contributed by atoms with Crippen molar-refractivity contribution in [2.24, 2.45) is 35.2 Å². The zero-order valence-corrected chi connectivity index (χ0v) is 92.0. The minimum Gasteiger partial charge on any atom is -0.396 e. The van der Waals surface area contributed by atoms with Crippen LogP contribution in [0.3, 0.4) is 0 Å². The van der Waals surface area contributed by atoms with Crippen LogP contribution < -0.4 is 28.7 Å². The maximum atomic E-state index is 12.9. The Morgan fingerprint density at radius 3 is 0.936 bits per heavy atom. The Morgan fingerprint density at radius 2 is 0.638 bits per heavy atom. The molecule has 33 nitrogen and oxygen atoms in total. The minimum atomic E-state index is -1.27. The Hall–Kier alpha value is -10.7. The van der Waals surface area contributed by atoms with E-state index in [9.17, 15) is 21.0 Å². The van der Waals surface area contributed by atoms with E-state index >= 15 is 0 Å². The highest BCUT2D eigenvalue weighted by Gasteiger charge is 2.31. The highest BCUT2D eigenvalue weighted by Crippen LogP contribution is 2.50. The number of thiophene rings is 5. The van der Waals surface area contributed by atoms with E-state index in [-0.39, 0.29) is 5.25 Å². The normalized spacial score (nSPS) is 12.7. The molecule has 0 bridgehead atoms. The predicted octanol–water partition coefficient (Wildman–Crippen LogP) is 20.6. The highest BCUT2D eigenvalue weighted by atomic mass is 32.2. The van der Waals surface area contributed by atoms with Crippen LogP contribution in [0.25, 0.3) is 161 Å². The summed E-state index contributed by atoms with van der Waals surface area (Å²) in [6.07, 6.45) is 22.9. The van der Waals surface area contributed by atoms with E-state index in [1.807, 2.05) is 189 Å². The summed E-state index contributed by atoms with van der Waals surface area (Å²) >= 11 is 14.6. The summed E-state index contributed by atoms with van der Waals surface area (Å²) in [5.41, 5.74) is 47.3. The molecular weight excluding hydrogens is 2070 g/mol. The molecule has 0 aliphatic carbocycles. The van der Waals surface area contributed by atoms with Crippen LogP contribution in [-0.2, 0) is 98.7 Å². The number of hydrogen-bond donors (Lipinski definition) is 5. The van der Waals surface area contributed by atoms with Crippen LogP contribution in [0.2, 0.25) is 0 Å². The van der Waals surface area contributed by atoms with Gasteiger partial charge >= 0.3 is 0 Å². The van der Waals surface area contributed by atoms with Gasteiger partial charge in [0.1, 0.15) is 123 Å². The van der Waals surface area contributed by atoms with Gasteiger partial charge in [0, 0.05) is 167 Å². The molecule has 0 spiro atoms. The monoisotopic (exact) mass is 2170 g/mol. The number of nitrogen functional groups attached to an aromatic ring is 5. The van der Waals surface area contributed by atoms with Crippen molar-refractivity contribution in [2.75, 3.05) is 78.6 Å². The van der Waals surface area contributed by atoms with Crippen LogP contribution in [0.1, 0.15) is 95.8 Å². The van der Waals surface area contributed by atoms with Gasteiger partial charge in [-0.1, -0.05) is 47.0 Å². The number of hydrogen-bond acceptors (Lipinski definition) is 38. The first-order valence-electron chi connectivity index (χ1n) is 44.4. The Kier molecular flexibility index (Phi) is 33.3. The van der Waals surface area contributed by atoms with Gasteiger partial charge in [0.2, 0.25) is 0 Å². The number of aromatic nitrogens is 21. The lowest BCUT2D eigenvalue weighted by atomic mass is 10.1. The molecule has 5 unspecified atom stereocenters. The number of anilines is 5. The van der Waals surface area contributed by atoms with Gasteiger partial charge in [-0.3, -0.25) is 21.0 Å². The number of nitrogens with zero attached hydrogens (tertiary/aromatic N) is 21. The van der Waals surface area contributed by atoms with Gasteiger partial charge in [0.05, 0.1) is 172 Å². The van der Waals surface area contributed by atoms with Crippen molar-refractivity contribution in [3.05, 3.63) is 142 Å². The molecule has 0 saturated carbocycles. The lowest BCUT2D eigenvalue weighted by Gasteiger charge is -2.09. The second-order valence-electron chi connectivity index (χ2n) is 32.3. The van der Waals surface area contributed by atoms with Crippen molar-refractivity contribution in [1.29, 1.82) is 0 Å². The number of aryl methyl sites for hydroxylation is 5. The van der Waals surface area contributed by atoms with Gasteiger partial charge < -0.3 is 61.0 Å². The molecule has 141 heavy (non-hydrogen) atoms. The Labute approximate surface area is 865 Å². The highest BCUT2D eigenvalue weighted by molar-refractivity contribution is 7.89. The van der Waals surface area contributed by atoms with Crippen molar-refractivity contribution in [3.8, 4) is 110 Å². The molecule has 20 rings (SSSR count). The van der Waals surface area contributed by atoms with Gasteiger partial charge in [0.25, 0.3) is 0 Å². The van der Waals surface area contributed by atoms with Gasteiger partial charge in [0.15, 0.2) is 10.8 Å². The molecule has 20 heterocycles. The van der Waals surface area contributed by atoms with Crippen molar-refractivity contribution < 1.29 is 30.5 Å². The summed E-state index contributed by atoms with van der Waals surface area (Å²) in [5, 5.41) is 17.8. The molecule has 0 amide bonds. The average Bonchev–Trinajstić information content (AvgIpc) is 1.63. The summed E-state index contributed by atoms with van der Waals surface area (Å²) in [4.78, 5) is 76.5. The first-order chi connectivity index (χ1) is 67.9. The topological polar surface area (TPSA) is 465 Å². The van der Waals surface area contributed by atoms with Crippen LogP contribution in [0.15, 0.2) is 134 Å². The van der Waals surface area contributed by atoms with E-state index in [0.717, 1.165) is 205 Å². The fraction of sp³-hybridized carbons (Fsp3) is 0.312. The van der Waals surface area contributed by atoms with Crippen molar-refractivity contribution in [1.82, 2.24) is 103 Å². The molecule has 0 saturated heterocycles. The number of methoxy groups -OCH3 is 1. The summed E-state index contributed by atoms with van der Waals surface area (Å²) < 4.78 is 87.9. The molecule has 20 aromatic rings. The van der Waals surface area contributed by atoms with Gasteiger partial charge in [-0.25, -0.2) is 79.7 Å². The average molecular weight is 2180 g/mol. The maximum absolute atomic E-state index is 12.9. The molecule has 5 atom stereocenters. The number of ether oxygens (including phenoxy) is 2. The van der Waals surface area contributed by atoms with Crippen molar-refractivity contribution in [3.63, 3.8) is 0 Å². The van der Waals surface area contributed by atoms with Crippen molar-refractivity contribution in [2.45, 2.75) is 128 Å². The molecule has 736 valence electrons. The van der Waals surface area contributed by atoms with Gasteiger partial charge in [-0.2, -0.15) is 0 Å². The molecule has 10 N–H and O–H groups in total. The first kappa shape index (κ1) is 103. The minimum absolute atomic E-state index is 0.0128. The molecule has 20 aromatic heterocycles. The molecule has 0 fully saturated rings. The van der Waals surface area contributed by atoms with Gasteiger partial charge in [-0.05, 0) is 78.6 Å². The first-order valence-corrected chi connectivity index (χ1v) is 59.3. The number of thiazole rings is 5.